The van der Waals surface area contributed by atoms with Crippen LogP contribution in [0.15, 0.2) is 46.4 Å². The largest absolute Gasteiger partial charge is 0.255 e. The van der Waals surface area contributed by atoms with E-state index < -0.39 is 0 Å². The Labute approximate surface area is 71.0 Å². The van der Waals surface area contributed by atoms with Gasteiger partial charge < -0.3 is 0 Å². The predicted molar refractivity (Wildman–Crippen MR) is 51.9 cm³/mol. The van der Waals surface area contributed by atoms with Gasteiger partial charge in [0, 0.05) is 12.4 Å². The second-order valence-electron chi connectivity index (χ2n) is 2.43. The number of rotatable bonds is 0. The molecule has 0 aromatic heterocycles. The highest BCUT2D eigenvalue weighted by Crippen LogP contribution is 2.26. The summed E-state index contributed by atoms with van der Waals surface area (Å²) in [4.78, 5) is 8.44. The molecular weight excluding hydrogens is 148 g/mol. The number of nitrogens with zero attached hydrogens (tertiary/aromatic N) is 2. The van der Waals surface area contributed by atoms with Crippen LogP contribution < -0.4 is 0 Å². The summed E-state index contributed by atoms with van der Waals surface area (Å²) in [5.74, 6) is 0. The van der Waals surface area contributed by atoms with Crippen molar-refractivity contribution in [2.24, 2.45) is 9.98 Å². The minimum absolute atomic E-state index is 0.915. The van der Waals surface area contributed by atoms with Crippen LogP contribution in [0, 0.1) is 0 Å². The molecule has 12 heavy (non-hydrogen) atoms. The van der Waals surface area contributed by atoms with Gasteiger partial charge in [0.15, 0.2) is 0 Å². The molecule has 2 nitrogen and oxygen atoms in total. The van der Waals surface area contributed by atoms with Gasteiger partial charge in [0.1, 0.15) is 0 Å². The lowest BCUT2D eigenvalue weighted by Crippen LogP contribution is -1.75. The lowest BCUT2D eigenvalue weighted by Gasteiger charge is -1.98. The Kier molecular flexibility index (Phi) is 1.82. The molecule has 2 rings (SSSR count). The quantitative estimate of drug-likeness (QED) is 0.551. The number of hydrogen-bond acceptors (Lipinski definition) is 2. The van der Waals surface area contributed by atoms with Crippen molar-refractivity contribution in [3.05, 3.63) is 36.4 Å². The summed E-state index contributed by atoms with van der Waals surface area (Å²) in [5.41, 5.74) is 1.83. The smallest absolute Gasteiger partial charge is 0.0886 e. The Morgan fingerprint density at radius 1 is 0.750 bits per heavy atom. The molecule has 0 fully saturated rings. The van der Waals surface area contributed by atoms with Crippen molar-refractivity contribution in [2.75, 3.05) is 0 Å². The van der Waals surface area contributed by atoms with Crippen LogP contribution in [0.1, 0.15) is 0 Å². The molecule has 0 N–H and O–H groups in total. The second-order valence-corrected chi connectivity index (χ2v) is 2.43. The number of allylic oxidation sites excluding steroid dienone is 2. The van der Waals surface area contributed by atoms with E-state index in [2.05, 4.69) is 9.98 Å². The van der Waals surface area contributed by atoms with Gasteiger partial charge in [-0.1, -0.05) is 12.1 Å². The molecule has 1 aliphatic rings. The normalized spacial score (nSPS) is 13.7. The first-order chi connectivity index (χ1) is 5.97. The van der Waals surface area contributed by atoms with Crippen molar-refractivity contribution in [2.45, 2.75) is 0 Å². The molecule has 0 bridgehead atoms. The van der Waals surface area contributed by atoms with Gasteiger partial charge >= 0.3 is 0 Å². The van der Waals surface area contributed by atoms with Gasteiger partial charge in [-0.15, -0.1) is 0 Å². The summed E-state index contributed by atoms with van der Waals surface area (Å²) in [7, 11) is 0. The molecule has 1 aromatic carbocycles. The number of benzene rings is 1. The molecule has 0 saturated heterocycles. The molecule has 0 aliphatic carbocycles. The summed E-state index contributed by atoms with van der Waals surface area (Å²) >= 11 is 0. The first kappa shape index (κ1) is 6.98. The molecule has 0 spiro atoms. The molecule has 0 amide bonds. The Hall–Kier alpha value is -1.70. The fourth-order valence-corrected chi connectivity index (χ4v) is 1.03. The number of fused-ring (bicyclic) bond motifs is 1. The van der Waals surface area contributed by atoms with Gasteiger partial charge in [-0.2, -0.15) is 0 Å². The molecule has 0 radical (unpaired) electrons. The third kappa shape index (κ3) is 1.32. The predicted octanol–water partition coefficient (Wildman–Crippen LogP) is 2.66. The van der Waals surface area contributed by atoms with Crippen LogP contribution in [0.5, 0.6) is 0 Å². The average molecular weight is 156 g/mol. The molecule has 1 aromatic rings. The number of aliphatic imine (C=N–C) groups is 2. The van der Waals surface area contributed by atoms with Crippen LogP contribution in [0.4, 0.5) is 11.4 Å². The highest BCUT2D eigenvalue weighted by Gasteiger charge is 1.95. The SMILES string of the molecule is C1=CC=Nc2ccccc2N=C1. The zero-order valence-corrected chi connectivity index (χ0v) is 6.51. The van der Waals surface area contributed by atoms with Crippen molar-refractivity contribution in [1.82, 2.24) is 0 Å². The summed E-state index contributed by atoms with van der Waals surface area (Å²) < 4.78 is 0. The lowest BCUT2D eigenvalue weighted by atomic mass is 10.2. The molecule has 1 aliphatic heterocycles. The summed E-state index contributed by atoms with van der Waals surface area (Å²) in [6.45, 7) is 0. The van der Waals surface area contributed by atoms with E-state index in [0.717, 1.165) is 11.4 Å². The van der Waals surface area contributed by atoms with Crippen molar-refractivity contribution in [1.29, 1.82) is 0 Å². The van der Waals surface area contributed by atoms with Gasteiger partial charge in [-0.25, -0.2) is 0 Å². The molecule has 1 heterocycles. The van der Waals surface area contributed by atoms with Crippen LogP contribution in [0.3, 0.4) is 0 Å². The molecular formula is C10H8N2. The Morgan fingerprint density at radius 2 is 1.25 bits per heavy atom. The zero-order chi connectivity index (χ0) is 8.23. The van der Waals surface area contributed by atoms with E-state index in [1.54, 1.807) is 12.4 Å². The molecule has 0 saturated carbocycles. The van der Waals surface area contributed by atoms with E-state index in [4.69, 9.17) is 0 Å². The van der Waals surface area contributed by atoms with Crippen LogP contribution in [-0.4, -0.2) is 12.4 Å². The maximum atomic E-state index is 4.22. The Bertz CT molecular complexity index is 327. The highest BCUT2D eigenvalue weighted by atomic mass is 14.8. The van der Waals surface area contributed by atoms with E-state index in [1.807, 2.05) is 36.4 Å². The minimum Gasteiger partial charge on any atom is -0.255 e. The Morgan fingerprint density at radius 3 is 1.75 bits per heavy atom. The summed E-state index contributed by atoms with van der Waals surface area (Å²) in [5, 5.41) is 0. The third-order valence-corrected chi connectivity index (χ3v) is 1.59. The second kappa shape index (κ2) is 3.13. The first-order valence-electron chi connectivity index (χ1n) is 3.79. The van der Waals surface area contributed by atoms with Gasteiger partial charge in [-0.3, -0.25) is 9.98 Å². The van der Waals surface area contributed by atoms with E-state index in [9.17, 15) is 0 Å². The van der Waals surface area contributed by atoms with Crippen molar-refractivity contribution >= 4 is 23.8 Å². The van der Waals surface area contributed by atoms with E-state index >= 15 is 0 Å². The molecule has 2 heteroatoms. The molecule has 0 atom stereocenters. The van der Waals surface area contributed by atoms with E-state index in [1.165, 1.54) is 0 Å². The van der Waals surface area contributed by atoms with Gasteiger partial charge in [-0.05, 0) is 24.3 Å². The van der Waals surface area contributed by atoms with E-state index in [-0.39, 0.29) is 0 Å². The summed E-state index contributed by atoms with van der Waals surface area (Å²) in [6.07, 6.45) is 7.26. The average Bonchev–Trinajstić information content (AvgIpc) is 2.06. The van der Waals surface area contributed by atoms with Gasteiger partial charge in [0.05, 0.1) is 11.4 Å². The molecule has 0 unspecified atom stereocenters. The fourth-order valence-electron chi connectivity index (χ4n) is 1.03. The van der Waals surface area contributed by atoms with Crippen LogP contribution in [0.2, 0.25) is 0 Å². The van der Waals surface area contributed by atoms with Crippen molar-refractivity contribution < 1.29 is 0 Å². The number of para-hydroxylation sites is 2. The van der Waals surface area contributed by atoms with E-state index in [0.29, 0.717) is 0 Å². The fraction of sp³-hybridized carbons (Fsp3) is 0. The van der Waals surface area contributed by atoms with Gasteiger partial charge in [0.2, 0.25) is 0 Å². The minimum atomic E-state index is 0.915. The topological polar surface area (TPSA) is 24.7 Å². The van der Waals surface area contributed by atoms with Crippen LogP contribution >= 0.6 is 0 Å². The maximum Gasteiger partial charge on any atom is 0.0886 e. The highest BCUT2D eigenvalue weighted by molar-refractivity contribution is 5.88. The van der Waals surface area contributed by atoms with Crippen molar-refractivity contribution in [3.8, 4) is 0 Å². The standard InChI is InChI=1S/C10H8N2/c1-2-6-10-9(5-1)11-7-3-4-8-12-10/h1-8H. The van der Waals surface area contributed by atoms with Crippen molar-refractivity contribution in [3.63, 3.8) is 0 Å². The van der Waals surface area contributed by atoms with Crippen LogP contribution in [0.25, 0.3) is 0 Å². The zero-order valence-electron chi connectivity index (χ0n) is 6.51. The first-order valence-corrected chi connectivity index (χ1v) is 3.79. The van der Waals surface area contributed by atoms with Gasteiger partial charge in [0.25, 0.3) is 0 Å². The monoisotopic (exact) mass is 156 g/mol. The lowest BCUT2D eigenvalue weighted by molar-refractivity contribution is 1.46. The number of hydrogen-bond donors (Lipinski definition) is 0. The van der Waals surface area contributed by atoms with Crippen LogP contribution in [-0.2, 0) is 0 Å². The molecule has 58 valence electrons. The third-order valence-electron chi connectivity index (χ3n) is 1.59. The summed E-state index contributed by atoms with van der Waals surface area (Å²) in [6, 6.07) is 7.80. The Balaban J connectivity index is 2.54. The maximum absolute atomic E-state index is 4.22.